The zero-order valence-electron chi connectivity index (χ0n) is 18.9. The van der Waals surface area contributed by atoms with Crippen molar-refractivity contribution >= 4 is 11.8 Å². The van der Waals surface area contributed by atoms with Crippen LogP contribution >= 0.6 is 0 Å². The summed E-state index contributed by atoms with van der Waals surface area (Å²) in [7, 11) is 0. The summed E-state index contributed by atoms with van der Waals surface area (Å²) in [6.07, 6.45) is 4.58. The van der Waals surface area contributed by atoms with E-state index in [1.165, 1.54) is 5.56 Å². The van der Waals surface area contributed by atoms with E-state index in [2.05, 4.69) is 29.6 Å². The Balaban J connectivity index is 1.48. The fourth-order valence-corrected chi connectivity index (χ4v) is 5.74. The van der Waals surface area contributed by atoms with Gasteiger partial charge in [0, 0.05) is 18.7 Å². The largest absolute Gasteiger partial charge is 0.355 e. The van der Waals surface area contributed by atoms with Crippen molar-refractivity contribution < 1.29 is 9.59 Å². The van der Waals surface area contributed by atoms with E-state index in [1.54, 1.807) is 0 Å². The second-order valence-electron chi connectivity index (χ2n) is 9.23. The van der Waals surface area contributed by atoms with Crippen molar-refractivity contribution in [1.29, 1.82) is 0 Å². The van der Waals surface area contributed by atoms with Gasteiger partial charge in [-0.15, -0.1) is 0 Å². The van der Waals surface area contributed by atoms with Crippen molar-refractivity contribution in [2.75, 3.05) is 6.54 Å². The van der Waals surface area contributed by atoms with Crippen LogP contribution in [0, 0.1) is 0 Å². The maximum Gasteiger partial charge on any atom is 0.254 e. The molecule has 0 bridgehead atoms. The minimum absolute atomic E-state index is 0.0332. The fourth-order valence-electron chi connectivity index (χ4n) is 5.74. The second-order valence-corrected chi connectivity index (χ2v) is 9.23. The van der Waals surface area contributed by atoms with Gasteiger partial charge < -0.3 is 10.2 Å². The number of benzene rings is 3. The van der Waals surface area contributed by atoms with Gasteiger partial charge in [-0.2, -0.15) is 0 Å². The van der Waals surface area contributed by atoms with Crippen molar-refractivity contribution in [2.45, 2.75) is 50.1 Å². The summed E-state index contributed by atoms with van der Waals surface area (Å²) in [4.78, 5) is 29.5. The number of carbonyl (C=O) groups excluding carboxylic acids is 2. The van der Waals surface area contributed by atoms with Crippen LogP contribution < -0.4 is 5.32 Å². The Bertz CT molecular complexity index is 1120. The zero-order chi connectivity index (χ0) is 22.7. The van der Waals surface area contributed by atoms with Crippen LogP contribution in [0.1, 0.15) is 58.6 Å². The Hall–Kier alpha value is -3.40. The molecular weight excluding hydrogens is 408 g/mol. The third-order valence-corrected chi connectivity index (χ3v) is 7.29. The molecule has 1 saturated carbocycles. The standard InChI is InChI=1S/C29H30N2O2/c32-27(30-20-17-22-11-3-1-4-12-22)26-24-15-7-8-16-25(24)28(33)31(29(26)18-9-10-19-29)21-23-13-5-2-6-14-23/h1-8,11-16,26H,9-10,17-21H2,(H,30,32)/t26-/m1/s1. The molecule has 4 nitrogen and oxygen atoms in total. The average molecular weight is 439 g/mol. The van der Waals surface area contributed by atoms with Gasteiger partial charge in [0.05, 0.1) is 11.5 Å². The summed E-state index contributed by atoms with van der Waals surface area (Å²) < 4.78 is 0. The smallest absolute Gasteiger partial charge is 0.254 e. The van der Waals surface area contributed by atoms with E-state index >= 15 is 0 Å². The number of hydrogen-bond acceptors (Lipinski definition) is 2. The van der Waals surface area contributed by atoms with Crippen LogP contribution in [0.3, 0.4) is 0 Å². The van der Waals surface area contributed by atoms with E-state index < -0.39 is 5.54 Å². The Morgan fingerprint density at radius 1 is 0.848 bits per heavy atom. The quantitative estimate of drug-likeness (QED) is 0.582. The monoisotopic (exact) mass is 438 g/mol. The zero-order valence-corrected chi connectivity index (χ0v) is 18.9. The van der Waals surface area contributed by atoms with Gasteiger partial charge in [-0.05, 0) is 42.0 Å². The molecule has 0 saturated heterocycles. The van der Waals surface area contributed by atoms with Crippen LogP contribution in [0.2, 0.25) is 0 Å². The molecule has 1 heterocycles. The first kappa shape index (κ1) is 21.4. The highest BCUT2D eigenvalue weighted by Gasteiger charge is 2.55. The Morgan fingerprint density at radius 3 is 2.15 bits per heavy atom. The number of nitrogens with one attached hydrogen (secondary N) is 1. The maximum absolute atomic E-state index is 13.8. The topological polar surface area (TPSA) is 49.4 Å². The lowest BCUT2D eigenvalue weighted by molar-refractivity contribution is -0.126. The molecule has 4 heteroatoms. The molecule has 1 atom stereocenters. The van der Waals surface area contributed by atoms with Gasteiger partial charge in [0.1, 0.15) is 0 Å². The molecule has 1 fully saturated rings. The number of hydrogen-bond donors (Lipinski definition) is 1. The molecule has 2 aliphatic rings. The van der Waals surface area contributed by atoms with Gasteiger partial charge in [-0.3, -0.25) is 9.59 Å². The molecule has 1 N–H and O–H groups in total. The molecule has 2 amide bonds. The molecule has 3 aromatic rings. The second kappa shape index (κ2) is 9.22. The van der Waals surface area contributed by atoms with Crippen molar-refractivity contribution in [2.24, 2.45) is 0 Å². The Morgan fingerprint density at radius 2 is 1.45 bits per heavy atom. The van der Waals surface area contributed by atoms with Crippen molar-refractivity contribution in [1.82, 2.24) is 10.2 Å². The van der Waals surface area contributed by atoms with Crippen LogP contribution in [0.25, 0.3) is 0 Å². The molecule has 1 aliphatic heterocycles. The van der Waals surface area contributed by atoms with E-state index in [-0.39, 0.29) is 17.7 Å². The van der Waals surface area contributed by atoms with E-state index in [4.69, 9.17) is 0 Å². The Labute approximate surface area is 195 Å². The van der Waals surface area contributed by atoms with Gasteiger partial charge >= 0.3 is 0 Å². The molecule has 0 unspecified atom stereocenters. The van der Waals surface area contributed by atoms with Crippen molar-refractivity contribution in [3.05, 3.63) is 107 Å². The SMILES string of the molecule is O=C(NCCc1ccccc1)[C@H]1c2ccccc2C(=O)N(Cc2ccccc2)C12CCCC2. The predicted molar refractivity (Wildman–Crippen MR) is 130 cm³/mol. The molecule has 168 valence electrons. The van der Waals surface area contributed by atoms with Crippen LogP contribution in [0.15, 0.2) is 84.9 Å². The molecule has 3 aromatic carbocycles. The summed E-state index contributed by atoms with van der Waals surface area (Å²) in [6, 6.07) is 28.0. The highest BCUT2D eigenvalue weighted by molar-refractivity contribution is 6.02. The van der Waals surface area contributed by atoms with Crippen LogP contribution in [-0.4, -0.2) is 28.8 Å². The summed E-state index contributed by atoms with van der Waals surface area (Å²) in [6.45, 7) is 1.12. The van der Waals surface area contributed by atoms with E-state index in [0.29, 0.717) is 18.7 Å². The molecule has 1 spiro atoms. The molecular formula is C29H30N2O2. The minimum Gasteiger partial charge on any atom is -0.355 e. The molecule has 0 aromatic heterocycles. The van der Waals surface area contributed by atoms with Gasteiger partial charge in [0.2, 0.25) is 5.91 Å². The average Bonchev–Trinajstić information content (AvgIpc) is 3.33. The third kappa shape index (κ3) is 4.06. The summed E-state index contributed by atoms with van der Waals surface area (Å²) in [5, 5.41) is 3.22. The van der Waals surface area contributed by atoms with Crippen LogP contribution in [-0.2, 0) is 17.8 Å². The van der Waals surface area contributed by atoms with Gasteiger partial charge in [0.15, 0.2) is 0 Å². The first-order chi connectivity index (χ1) is 16.2. The number of rotatable bonds is 6. The Kier molecular flexibility index (Phi) is 5.99. The van der Waals surface area contributed by atoms with Gasteiger partial charge in [0.25, 0.3) is 5.91 Å². The van der Waals surface area contributed by atoms with E-state index in [9.17, 15) is 9.59 Å². The lowest BCUT2D eigenvalue weighted by atomic mass is 9.71. The van der Waals surface area contributed by atoms with Crippen LogP contribution in [0.4, 0.5) is 0 Å². The minimum atomic E-state index is -0.474. The summed E-state index contributed by atoms with van der Waals surface area (Å²) in [5.74, 6) is -0.274. The molecule has 0 radical (unpaired) electrons. The van der Waals surface area contributed by atoms with Crippen molar-refractivity contribution in [3.8, 4) is 0 Å². The fraction of sp³-hybridized carbons (Fsp3) is 0.310. The maximum atomic E-state index is 13.8. The van der Waals surface area contributed by atoms with E-state index in [1.807, 2.05) is 65.6 Å². The van der Waals surface area contributed by atoms with Crippen molar-refractivity contribution in [3.63, 3.8) is 0 Å². The summed E-state index contributed by atoms with van der Waals surface area (Å²) in [5.41, 5.74) is 3.37. The number of carbonyl (C=O) groups is 2. The lowest BCUT2D eigenvalue weighted by Crippen LogP contribution is -2.60. The van der Waals surface area contributed by atoms with Gasteiger partial charge in [-0.25, -0.2) is 0 Å². The molecule has 33 heavy (non-hydrogen) atoms. The highest BCUT2D eigenvalue weighted by Crippen LogP contribution is 2.50. The number of amides is 2. The lowest BCUT2D eigenvalue weighted by Gasteiger charge is -2.50. The number of nitrogens with zero attached hydrogens (tertiary/aromatic N) is 1. The number of fused-ring (bicyclic) bond motifs is 1. The predicted octanol–water partition coefficient (Wildman–Crippen LogP) is 5.10. The first-order valence-electron chi connectivity index (χ1n) is 12.0. The third-order valence-electron chi connectivity index (χ3n) is 7.29. The highest BCUT2D eigenvalue weighted by atomic mass is 16.2. The molecule has 1 aliphatic carbocycles. The summed E-state index contributed by atoms with van der Waals surface area (Å²) >= 11 is 0. The van der Waals surface area contributed by atoms with E-state index in [0.717, 1.165) is 43.2 Å². The first-order valence-corrected chi connectivity index (χ1v) is 12.0. The normalized spacial score (nSPS) is 18.8. The molecule has 5 rings (SSSR count). The van der Waals surface area contributed by atoms with Crippen LogP contribution in [0.5, 0.6) is 0 Å². The van der Waals surface area contributed by atoms with Gasteiger partial charge in [-0.1, -0.05) is 91.7 Å².